The van der Waals surface area contributed by atoms with Crippen molar-refractivity contribution < 1.29 is 51.7 Å². The third-order valence-corrected chi connectivity index (χ3v) is 16.1. The lowest BCUT2D eigenvalue weighted by atomic mass is 9.84. The number of nitrogens with one attached hydrogen (secondary N) is 2. The predicted molar refractivity (Wildman–Crippen MR) is 263 cm³/mol. The number of cyclic esters (lactones) is 1. The van der Waals surface area contributed by atoms with E-state index < -0.39 is 81.3 Å². The summed E-state index contributed by atoms with van der Waals surface area (Å²) in [5, 5.41) is 16.6. The van der Waals surface area contributed by atoms with Crippen LogP contribution >= 0.6 is 0 Å². The summed E-state index contributed by atoms with van der Waals surface area (Å²) in [7, 11) is 0.310. The number of ether oxygens (including phenoxy) is 3. The van der Waals surface area contributed by atoms with Crippen molar-refractivity contribution in [3.05, 3.63) is 71.5 Å². The maximum Gasteiger partial charge on any atom is 0.325 e. The van der Waals surface area contributed by atoms with Gasteiger partial charge < -0.3 is 34.1 Å². The molecular formula is C51H66N8O11S. The number of amides is 3. The van der Waals surface area contributed by atoms with Gasteiger partial charge in [-0.3, -0.25) is 34.0 Å². The van der Waals surface area contributed by atoms with Crippen LogP contribution in [0.5, 0.6) is 5.75 Å². The molecule has 6 heterocycles. The molecule has 0 saturated carbocycles. The van der Waals surface area contributed by atoms with Crippen LogP contribution < -0.4 is 10.7 Å². The van der Waals surface area contributed by atoms with Crippen molar-refractivity contribution in [2.75, 3.05) is 54.1 Å². The van der Waals surface area contributed by atoms with Crippen LogP contribution in [-0.4, -0.2) is 149 Å². The molecule has 0 aliphatic carbocycles. The predicted octanol–water partition coefficient (Wildman–Crippen LogP) is 3.80. The number of esters is 2. The van der Waals surface area contributed by atoms with Gasteiger partial charge in [0.15, 0.2) is 0 Å². The summed E-state index contributed by atoms with van der Waals surface area (Å²) in [6.45, 7) is 11.0. The lowest BCUT2D eigenvalue weighted by Gasteiger charge is -2.37. The first-order valence-corrected chi connectivity index (χ1v) is 25.7. The van der Waals surface area contributed by atoms with Gasteiger partial charge in [0.05, 0.1) is 31.9 Å². The van der Waals surface area contributed by atoms with Crippen molar-refractivity contribution in [3.63, 3.8) is 0 Å². The molecule has 3 saturated heterocycles. The van der Waals surface area contributed by atoms with Crippen LogP contribution in [0.1, 0.15) is 70.6 Å². The molecule has 0 spiro atoms. The quantitative estimate of drug-likeness (QED) is 0.136. The molecule has 71 heavy (non-hydrogen) atoms. The zero-order valence-electron chi connectivity index (χ0n) is 41.8. The van der Waals surface area contributed by atoms with E-state index in [4.69, 9.17) is 14.2 Å². The number of carbonyl (C=O) groups is 5. The number of aromatic nitrogens is 2. The molecule has 2 unspecified atom stereocenters. The Labute approximate surface area is 414 Å². The Kier molecular flexibility index (Phi) is 15.0. The number of carbonyl (C=O) groups excluding carboxylic acids is 5. The number of phenolic OH excluding ortho intramolecular Hbond substituents is 1. The maximum atomic E-state index is 14.8. The van der Waals surface area contributed by atoms with Crippen LogP contribution in [0.3, 0.4) is 0 Å². The van der Waals surface area contributed by atoms with Gasteiger partial charge in [-0.15, -0.1) is 0 Å². The van der Waals surface area contributed by atoms with Gasteiger partial charge in [0, 0.05) is 87.6 Å². The highest BCUT2D eigenvalue weighted by atomic mass is 32.2. The van der Waals surface area contributed by atoms with E-state index in [1.165, 1.54) is 28.4 Å². The van der Waals surface area contributed by atoms with Gasteiger partial charge >= 0.3 is 11.9 Å². The Morgan fingerprint density at radius 1 is 1.04 bits per heavy atom. The van der Waals surface area contributed by atoms with E-state index in [1.807, 2.05) is 24.4 Å². The van der Waals surface area contributed by atoms with Crippen molar-refractivity contribution in [1.82, 2.24) is 38.8 Å². The molecule has 0 radical (unpaired) electrons. The molecule has 20 heteroatoms. The normalized spacial score (nSPS) is 23.2. The first-order valence-electron chi connectivity index (χ1n) is 24.3. The summed E-state index contributed by atoms with van der Waals surface area (Å²) in [6, 6.07) is 9.14. The van der Waals surface area contributed by atoms with E-state index in [0.717, 1.165) is 43.2 Å². The number of phenols is 1. The van der Waals surface area contributed by atoms with Crippen LogP contribution in [0.25, 0.3) is 33.3 Å². The summed E-state index contributed by atoms with van der Waals surface area (Å²) in [4.78, 5) is 75.4. The van der Waals surface area contributed by atoms with E-state index in [0.29, 0.717) is 43.5 Å². The van der Waals surface area contributed by atoms with E-state index in [-0.39, 0.29) is 51.4 Å². The summed E-state index contributed by atoms with van der Waals surface area (Å²) in [5.74, 6) is -4.02. The zero-order chi connectivity index (χ0) is 51.1. The number of hydrogen-bond acceptors (Lipinski definition) is 13. The Hall–Kier alpha value is -5.93. The second kappa shape index (κ2) is 20.7. The minimum absolute atomic E-state index is 0.00527. The summed E-state index contributed by atoms with van der Waals surface area (Å²) in [5.41, 5.74) is 9.45. The first-order chi connectivity index (χ1) is 33.8. The van der Waals surface area contributed by atoms with Crippen LogP contribution in [-0.2, 0) is 74.4 Å². The number of likely N-dealkylation sites (N-methyl/N-ethyl adjacent to an activating group) is 1. The molecule has 19 nitrogen and oxygen atoms in total. The summed E-state index contributed by atoms with van der Waals surface area (Å²) < 4.78 is 47.6. The summed E-state index contributed by atoms with van der Waals surface area (Å²) in [6.07, 6.45) is 5.14. The minimum atomic E-state index is -4.03. The lowest BCUT2D eigenvalue weighted by molar-refractivity contribution is -0.155. The standard InChI is InChI=1S/C51H66N8O11S/c1-9-57-42-13-12-32-23-37(42)38(45(57)39-25-52-16-14-34(39)28-68-7)24-51(4,5)29-70-49(64)40-11-10-17-58(54-40)48(63)41(21-31-19-35(32)22-36(60)20-31)53-46(61)44(30(2)3)55(6)47(62)33-15-18-56(26-33)71(66,67)59-27-43(59)50(65)69-8/h12-14,16,19-20,22-23,25,30,33,40-41,43-44,54,60H,9-11,15,17-18,21,24,26-29H2,1-8H3,(H,53,61)/t33-,40-,41-,43-,44?,59?/m0/s1. The zero-order valence-corrected chi connectivity index (χ0v) is 42.6. The van der Waals surface area contributed by atoms with Crippen molar-refractivity contribution in [2.24, 2.45) is 17.3 Å². The van der Waals surface area contributed by atoms with Crippen LogP contribution in [0.15, 0.2) is 54.9 Å². The van der Waals surface area contributed by atoms with E-state index in [1.54, 1.807) is 39.3 Å². The number of pyridine rings is 1. The molecule has 2 aromatic heterocycles. The Balaban J connectivity index is 1.14. The summed E-state index contributed by atoms with van der Waals surface area (Å²) >= 11 is 0. The van der Waals surface area contributed by atoms with Crippen LogP contribution in [0, 0.1) is 17.3 Å². The maximum absolute atomic E-state index is 14.8. The number of aryl methyl sites for hydroxylation is 1. The van der Waals surface area contributed by atoms with Gasteiger partial charge in [-0.1, -0.05) is 39.8 Å². The highest BCUT2D eigenvalue weighted by molar-refractivity contribution is 7.87. The van der Waals surface area contributed by atoms with E-state index >= 15 is 0 Å². The molecule has 4 aliphatic heterocycles. The molecule has 2 aromatic carbocycles. The third-order valence-electron chi connectivity index (χ3n) is 14.1. The first kappa shape index (κ1) is 51.4. The fourth-order valence-electron chi connectivity index (χ4n) is 10.5. The van der Waals surface area contributed by atoms with Crippen LogP contribution in [0.2, 0.25) is 0 Å². The van der Waals surface area contributed by atoms with Gasteiger partial charge in [-0.25, -0.2) is 5.43 Å². The average molecular weight is 999 g/mol. The van der Waals surface area contributed by atoms with Crippen molar-refractivity contribution in [3.8, 4) is 28.1 Å². The molecule has 3 fully saturated rings. The fraction of sp³-hybridized carbons (Fsp3) is 0.529. The number of hydrogen-bond donors (Lipinski definition) is 3. The number of hydrazine groups is 1. The van der Waals surface area contributed by atoms with Gasteiger partial charge in [-0.2, -0.15) is 17.0 Å². The number of fused-ring (bicyclic) bond motifs is 6. The molecule has 3 amide bonds. The molecule has 382 valence electrons. The van der Waals surface area contributed by atoms with Gasteiger partial charge in [0.2, 0.25) is 11.8 Å². The lowest BCUT2D eigenvalue weighted by Crippen LogP contribution is -2.62. The second-order valence-electron chi connectivity index (χ2n) is 20.3. The monoisotopic (exact) mass is 998 g/mol. The average Bonchev–Trinajstić information content (AvgIpc) is 3.91. The SMILES string of the molecule is CCn1c(-c2cnccc2COC)c2c3cc(ccc31)-c1cc(O)cc(c1)C[C@H](NC(=O)C(C(C)C)N(C)C(=O)[C@H]1CCN(S(=O)(=O)N3C[C@H]3C(=O)OC)C1)C(=O)N1CCC[C@H](N1)C(=O)OCC(C)(C)C2. The molecule has 6 atom stereocenters. The van der Waals surface area contributed by atoms with Crippen molar-refractivity contribution >= 4 is 50.8 Å². The van der Waals surface area contributed by atoms with Crippen molar-refractivity contribution in [1.29, 1.82) is 0 Å². The fourth-order valence-corrected chi connectivity index (χ4v) is 12.3. The minimum Gasteiger partial charge on any atom is -0.508 e. The highest BCUT2D eigenvalue weighted by Gasteiger charge is 2.53. The topological polar surface area (TPSA) is 222 Å². The Morgan fingerprint density at radius 2 is 1.82 bits per heavy atom. The Bertz CT molecular complexity index is 2830. The smallest absolute Gasteiger partial charge is 0.325 e. The number of methoxy groups -OCH3 is 2. The molecule has 4 aromatic rings. The highest BCUT2D eigenvalue weighted by Crippen LogP contribution is 2.42. The largest absolute Gasteiger partial charge is 0.508 e. The van der Waals surface area contributed by atoms with Gasteiger partial charge in [-0.05, 0) is 96.7 Å². The Morgan fingerprint density at radius 3 is 2.54 bits per heavy atom. The second-order valence-corrected chi connectivity index (χ2v) is 22.2. The number of benzene rings is 2. The molecule has 6 bridgehead atoms. The number of nitrogens with zero attached hydrogens (tertiary/aromatic N) is 6. The van der Waals surface area contributed by atoms with E-state index in [9.17, 15) is 37.5 Å². The molecule has 3 N–H and O–H groups in total. The van der Waals surface area contributed by atoms with Crippen molar-refractivity contribution in [2.45, 2.75) is 104 Å². The number of rotatable bonds is 12. The van der Waals surface area contributed by atoms with Gasteiger partial charge in [0.25, 0.3) is 16.1 Å². The van der Waals surface area contributed by atoms with Crippen LogP contribution in [0.4, 0.5) is 0 Å². The van der Waals surface area contributed by atoms with Gasteiger partial charge in [0.1, 0.15) is 29.9 Å². The number of aromatic hydroxyl groups is 1. The molecule has 8 rings (SSSR count). The molecule has 4 aliphatic rings. The third kappa shape index (κ3) is 10.5. The van der Waals surface area contributed by atoms with E-state index in [2.05, 4.69) is 53.2 Å². The molecular weight excluding hydrogens is 933 g/mol.